The van der Waals surface area contributed by atoms with Crippen LogP contribution in [0.3, 0.4) is 0 Å². The minimum absolute atomic E-state index is 0.352. The zero-order valence-electron chi connectivity index (χ0n) is 20.8. The molecule has 1 atom stereocenters. The van der Waals surface area contributed by atoms with Crippen LogP contribution in [0.1, 0.15) is 35.6 Å². The third kappa shape index (κ3) is 4.70. The molecule has 0 fully saturated rings. The van der Waals surface area contributed by atoms with Gasteiger partial charge in [0.1, 0.15) is 0 Å². The molecule has 4 aromatic heterocycles. The first-order valence-electron chi connectivity index (χ1n) is 11.8. The van der Waals surface area contributed by atoms with Gasteiger partial charge in [-0.2, -0.15) is 15.0 Å². The second-order valence-electron chi connectivity index (χ2n) is 8.83. The van der Waals surface area contributed by atoms with Crippen molar-refractivity contribution in [2.24, 2.45) is 0 Å². The van der Waals surface area contributed by atoms with Gasteiger partial charge in [0, 0.05) is 23.0 Å². The fraction of sp³-hybridized carbons (Fsp3) is 0.280. The fourth-order valence-electron chi connectivity index (χ4n) is 4.30. The Morgan fingerprint density at radius 3 is 2.70 bits per heavy atom. The van der Waals surface area contributed by atoms with Crippen molar-refractivity contribution in [1.82, 2.24) is 39.6 Å². The highest BCUT2D eigenvalue weighted by Gasteiger charge is 2.19. The highest BCUT2D eigenvalue weighted by molar-refractivity contribution is 6.34. The summed E-state index contributed by atoms with van der Waals surface area (Å²) in [4.78, 5) is 14.8. The van der Waals surface area contributed by atoms with Crippen molar-refractivity contribution in [3.63, 3.8) is 0 Å². The predicted molar refractivity (Wildman–Crippen MR) is 139 cm³/mol. The second kappa shape index (κ2) is 9.75. The maximum Gasteiger partial charge on any atom is 0.259 e. The SMILES string of the molecule is CCn1nnc(-c2ccc(Cl)c(NC(=O)c3cnn4ccc(-c5c(C)nn(CC(C)O)c5C)cc34)c2)n1. The molecule has 0 saturated carbocycles. The second-order valence-corrected chi connectivity index (χ2v) is 9.24. The molecule has 37 heavy (non-hydrogen) atoms. The molecule has 0 radical (unpaired) electrons. The van der Waals surface area contributed by atoms with Crippen molar-refractivity contribution in [2.45, 2.75) is 46.9 Å². The van der Waals surface area contributed by atoms with Crippen LogP contribution < -0.4 is 5.32 Å². The minimum atomic E-state index is -0.516. The Hall–Kier alpha value is -4.09. The van der Waals surface area contributed by atoms with Gasteiger partial charge in [0.25, 0.3) is 5.91 Å². The maximum absolute atomic E-state index is 13.3. The van der Waals surface area contributed by atoms with Crippen LogP contribution in [0.4, 0.5) is 5.69 Å². The Morgan fingerprint density at radius 2 is 1.97 bits per heavy atom. The van der Waals surface area contributed by atoms with Gasteiger partial charge in [0.15, 0.2) is 0 Å². The molecule has 1 amide bonds. The molecule has 0 aliphatic carbocycles. The number of nitrogens with one attached hydrogen (secondary N) is 1. The summed E-state index contributed by atoms with van der Waals surface area (Å²) in [6.45, 7) is 8.55. The van der Waals surface area contributed by atoms with Crippen molar-refractivity contribution in [2.75, 3.05) is 5.32 Å². The number of aliphatic hydroxyl groups excluding tert-OH is 1. The first-order chi connectivity index (χ1) is 17.7. The summed E-state index contributed by atoms with van der Waals surface area (Å²) in [5.74, 6) is 0.0890. The number of hydrogen-bond donors (Lipinski definition) is 2. The molecule has 0 aliphatic heterocycles. The smallest absolute Gasteiger partial charge is 0.259 e. The van der Waals surface area contributed by atoms with Crippen LogP contribution in [-0.2, 0) is 13.1 Å². The number of rotatable bonds is 7. The zero-order valence-corrected chi connectivity index (χ0v) is 21.6. The Balaban J connectivity index is 1.47. The van der Waals surface area contributed by atoms with E-state index in [0.29, 0.717) is 46.3 Å². The average Bonchev–Trinajstić information content (AvgIpc) is 3.57. The highest BCUT2D eigenvalue weighted by atomic mass is 35.5. The van der Waals surface area contributed by atoms with E-state index in [0.717, 1.165) is 22.5 Å². The number of carbonyl (C=O) groups excluding carboxylic acids is 1. The van der Waals surface area contributed by atoms with E-state index in [4.69, 9.17) is 11.6 Å². The summed E-state index contributed by atoms with van der Waals surface area (Å²) in [5, 5.41) is 34.4. The molecule has 12 heteroatoms. The van der Waals surface area contributed by atoms with Crippen molar-refractivity contribution >= 4 is 28.7 Å². The van der Waals surface area contributed by atoms with E-state index < -0.39 is 6.10 Å². The number of aryl methyl sites for hydroxylation is 2. The lowest BCUT2D eigenvalue weighted by molar-refractivity contribution is 0.102. The summed E-state index contributed by atoms with van der Waals surface area (Å²) >= 11 is 6.39. The molecule has 5 aromatic rings. The molecule has 5 rings (SSSR count). The number of nitrogens with zero attached hydrogens (tertiary/aromatic N) is 8. The number of benzene rings is 1. The number of fused-ring (bicyclic) bond motifs is 1. The first kappa shape index (κ1) is 24.6. The Morgan fingerprint density at radius 1 is 1.16 bits per heavy atom. The van der Waals surface area contributed by atoms with E-state index in [-0.39, 0.29) is 5.91 Å². The molecule has 1 unspecified atom stereocenters. The number of aliphatic hydroxyl groups is 1. The summed E-state index contributed by atoms with van der Waals surface area (Å²) in [5.41, 5.74) is 5.77. The molecular weight excluding hydrogens is 494 g/mol. The topological polar surface area (TPSA) is 128 Å². The maximum atomic E-state index is 13.3. The molecule has 1 aromatic carbocycles. The predicted octanol–water partition coefficient (Wildman–Crippen LogP) is 3.77. The fourth-order valence-corrected chi connectivity index (χ4v) is 4.46. The standard InChI is InChI=1S/C25H26ClN9O2/c1-5-35-31-24(29-32-35)18-6-7-20(26)21(10-18)28-25(37)19-12-27-33-9-8-17(11-22(19)33)23-15(3)30-34(16(23)4)13-14(2)36/h6-12,14,36H,5,13H2,1-4H3,(H,28,37). The molecule has 0 bridgehead atoms. The van der Waals surface area contributed by atoms with Crippen molar-refractivity contribution in [3.8, 4) is 22.5 Å². The molecule has 0 saturated heterocycles. The number of aromatic nitrogens is 8. The van der Waals surface area contributed by atoms with Gasteiger partial charge < -0.3 is 10.4 Å². The third-order valence-electron chi connectivity index (χ3n) is 6.08. The van der Waals surface area contributed by atoms with E-state index in [1.807, 2.05) is 39.1 Å². The van der Waals surface area contributed by atoms with E-state index >= 15 is 0 Å². The molecule has 0 aliphatic rings. The van der Waals surface area contributed by atoms with Crippen molar-refractivity contribution in [1.29, 1.82) is 0 Å². The molecule has 0 spiro atoms. The first-order valence-corrected chi connectivity index (χ1v) is 12.2. The third-order valence-corrected chi connectivity index (χ3v) is 6.41. The monoisotopic (exact) mass is 519 g/mol. The zero-order chi connectivity index (χ0) is 26.3. The molecule has 11 nitrogen and oxygen atoms in total. The molecule has 2 N–H and O–H groups in total. The van der Waals surface area contributed by atoms with E-state index in [1.54, 1.807) is 34.3 Å². The van der Waals surface area contributed by atoms with Crippen LogP contribution in [0.25, 0.3) is 28.0 Å². The number of halogens is 1. The minimum Gasteiger partial charge on any atom is -0.391 e. The van der Waals surface area contributed by atoms with Gasteiger partial charge in [-0.05, 0) is 68.8 Å². The molecule has 190 valence electrons. The number of anilines is 1. The van der Waals surface area contributed by atoms with Crippen LogP contribution in [0.15, 0.2) is 42.7 Å². The summed E-state index contributed by atoms with van der Waals surface area (Å²) in [6.07, 6.45) is 2.82. The van der Waals surface area contributed by atoms with E-state index in [2.05, 4.69) is 30.9 Å². The Bertz CT molecular complexity index is 1620. The van der Waals surface area contributed by atoms with Crippen LogP contribution in [0.5, 0.6) is 0 Å². The van der Waals surface area contributed by atoms with Gasteiger partial charge in [0.2, 0.25) is 5.82 Å². The lowest BCUT2D eigenvalue weighted by Gasteiger charge is -2.09. The number of tetrazole rings is 1. The van der Waals surface area contributed by atoms with E-state index in [9.17, 15) is 9.90 Å². The normalized spacial score (nSPS) is 12.3. The highest BCUT2D eigenvalue weighted by Crippen LogP contribution is 2.30. The Labute approximate surface area is 217 Å². The summed E-state index contributed by atoms with van der Waals surface area (Å²) < 4.78 is 3.45. The number of pyridine rings is 1. The summed E-state index contributed by atoms with van der Waals surface area (Å²) in [6, 6.07) is 9.03. The van der Waals surface area contributed by atoms with Crippen LogP contribution in [0.2, 0.25) is 5.02 Å². The number of amides is 1. The average molecular weight is 520 g/mol. The van der Waals surface area contributed by atoms with Crippen molar-refractivity contribution in [3.05, 3.63) is 64.7 Å². The molecule has 4 heterocycles. The quantitative estimate of drug-likeness (QED) is 0.335. The van der Waals surface area contributed by atoms with Gasteiger partial charge in [-0.25, -0.2) is 4.52 Å². The number of hydrogen-bond acceptors (Lipinski definition) is 7. The van der Waals surface area contributed by atoms with Gasteiger partial charge in [0.05, 0.1) is 52.9 Å². The van der Waals surface area contributed by atoms with Gasteiger partial charge in [-0.1, -0.05) is 11.6 Å². The van der Waals surface area contributed by atoms with E-state index in [1.165, 1.54) is 11.0 Å². The number of carbonyl (C=O) groups is 1. The Kier molecular flexibility index (Phi) is 6.48. The summed E-state index contributed by atoms with van der Waals surface area (Å²) in [7, 11) is 0. The van der Waals surface area contributed by atoms with Crippen molar-refractivity contribution < 1.29 is 9.90 Å². The van der Waals surface area contributed by atoms with Crippen LogP contribution in [0, 0.1) is 13.8 Å². The molecular formula is C25H26ClN9O2. The van der Waals surface area contributed by atoms with Crippen LogP contribution in [-0.4, -0.2) is 56.7 Å². The largest absolute Gasteiger partial charge is 0.391 e. The van der Waals surface area contributed by atoms with Gasteiger partial charge in [-0.3, -0.25) is 9.48 Å². The lowest BCUT2D eigenvalue weighted by Crippen LogP contribution is -2.14. The lowest BCUT2D eigenvalue weighted by atomic mass is 10.0. The van der Waals surface area contributed by atoms with Crippen LogP contribution >= 0.6 is 11.6 Å². The van der Waals surface area contributed by atoms with Gasteiger partial charge >= 0.3 is 0 Å². The van der Waals surface area contributed by atoms with Gasteiger partial charge in [-0.15, -0.1) is 10.2 Å².